The number of nitrogens with two attached hydrogens (primary N) is 1. The number of aryl methyl sites for hydroxylation is 1. The van der Waals surface area contributed by atoms with Gasteiger partial charge in [-0.1, -0.05) is 18.0 Å². The van der Waals surface area contributed by atoms with Crippen molar-refractivity contribution in [2.75, 3.05) is 19.3 Å². The molecule has 0 spiro atoms. The number of piperidine rings is 1. The van der Waals surface area contributed by atoms with Crippen LogP contribution >= 0.6 is 11.6 Å². The van der Waals surface area contributed by atoms with E-state index in [0.717, 1.165) is 13.0 Å². The van der Waals surface area contributed by atoms with Gasteiger partial charge in [-0.2, -0.15) is 5.10 Å². The molecule has 16 heavy (non-hydrogen) atoms. The lowest BCUT2D eigenvalue weighted by Gasteiger charge is -2.32. The summed E-state index contributed by atoms with van der Waals surface area (Å²) < 4.78 is 1.85. The van der Waals surface area contributed by atoms with Crippen molar-refractivity contribution in [1.82, 2.24) is 14.7 Å². The quantitative estimate of drug-likeness (QED) is 0.882. The summed E-state index contributed by atoms with van der Waals surface area (Å²) in [5.41, 5.74) is 5.60. The van der Waals surface area contributed by atoms with Gasteiger partial charge in [-0.15, -0.1) is 0 Å². The van der Waals surface area contributed by atoms with Crippen molar-refractivity contribution in [2.24, 2.45) is 0 Å². The molecule has 1 aromatic heterocycles. The molecule has 2 rings (SSSR count). The van der Waals surface area contributed by atoms with E-state index in [-0.39, 0.29) is 0 Å². The zero-order valence-electron chi connectivity index (χ0n) is 9.69. The van der Waals surface area contributed by atoms with E-state index in [1.54, 1.807) is 6.20 Å². The topological polar surface area (TPSA) is 47.1 Å². The summed E-state index contributed by atoms with van der Waals surface area (Å²) in [7, 11) is 2.20. The molecule has 2 N–H and O–H groups in total. The summed E-state index contributed by atoms with van der Waals surface area (Å²) in [5.74, 6) is 0.429. The fraction of sp³-hybridized carbons (Fsp3) is 0.727. The van der Waals surface area contributed by atoms with E-state index >= 15 is 0 Å². The molecular formula is C11H19ClN4. The van der Waals surface area contributed by atoms with Crippen molar-refractivity contribution in [1.29, 1.82) is 0 Å². The van der Waals surface area contributed by atoms with Crippen LogP contribution in [0.4, 0.5) is 5.82 Å². The minimum atomic E-state index is 0.429. The highest BCUT2D eigenvalue weighted by atomic mass is 35.5. The summed E-state index contributed by atoms with van der Waals surface area (Å²) in [6.45, 7) is 2.11. The second-order valence-electron chi connectivity index (χ2n) is 4.54. The average Bonchev–Trinajstić information content (AvgIpc) is 2.57. The number of nitrogens with zero attached hydrogens (tertiary/aromatic N) is 3. The van der Waals surface area contributed by atoms with Gasteiger partial charge in [0.1, 0.15) is 5.02 Å². The van der Waals surface area contributed by atoms with Crippen LogP contribution in [0.2, 0.25) is 5.02 Å². The molecule has 90 valence electrons. The molecule has 1 saturated heterocycles. The predicted octanol–water partition coefficient (Wildman–Crippen LogP) is 1.99. The number of aromatic nitrogens is 2. The smallest absolute Gasteiger partial charge is 0.164 e. The summed E-state index contributed by atoms with van der Waals surface area (Å²) in [6, 6.07) is 0.679. The highest BCUT2D eigenvalue weighted by molar-refractivity contribution is 6.32. The van der Waals surface area contributed by atoms with Gasteiger partial charge >= 0.3 is 0 Å². The molecule has 0 saturated carbocycles. The predicted molar refractivity (Wildman–Crippen MR) is 66.5 cm³/mol. The van der Waals surface area contributed by atoms with Crippen LogP contribution in [0.3, 0.4) is 0 Å². The zero-order chi connectivity index (χ0) is 11.5. The second-order valence-corrected chi connectivity index (χ2v) is 4.95. The van der Waals surface area contributed by atoms with Gasteiger partial charge in [0, 0.05) is 18.8 Å². The SMILES string of the molecule is CN1CCCCC1CCn1cc(Cl)c(N)n1. The van der Waals surface area contributed by atoms with Crippen molar-refractivity contribution in [3.05, 3.63) is 11.2 Å². The Morgan fingerprint density at radius 3 is 3.00 bits per heavy atom. The van der Waals surface area contributed by atoms with Gasteiger partial charge in [0.25, 0.3) is 0 Å². The summed E-state index contributed by atoms with van der Waals surface area (Å²) in [6.07, 6.45) is 6.89. The van der Waals surface area contributed by atoms with Gasteiger partial charge < -0.3 is 10.6 Å². The molecular weight excluding hydrogens is 224 g/mol. The fourth-order valence-electron chi connectivity index (χ4n) is 2.32. The van der Waals surface area contributed by atoms with E-state index in [4.69, 9.17) is 17.3 Å². The number of rotatable bonds is 3. The molecule has 0 bridgehead atoms. The maximum Gasteiger partial charge on any atom is 0.164 e. The van der Waals surface area contributed by atoms with Crippen LogP contribution in [0.25, 0.3) is 0 Å². The Hall–Kier alpha value is -0.740. The Labute approximate surface area is 101 Å². The Morgan fingerprint density at radius 1 is 1.56 bits per heavy atom. The molecule has 0 aliphatic carbocycles. The minimum absolute atomic E-state index is 0.429. The maximum atomic E-state index is 5.86. The number of nitrogen functional groups attached to an aromatic ring is 1. The number of hydrogen-bond acceptors (Lipinski definition) is 3. The second kappa shape index (κ2) is 5.06. The van der Waals surface area contributed by atoms with Crippen molar-refractivity contribution < 1.29 is 0 Å². The maximum absolute atomic E-state index is 5.86. The third-order valence-electron chi connectivity index (χ3n) is 3.36. The van der Waals surface area contributed by atoms with Crippen molar-refractivity contribution in [2.45, 2.75) is 38.3 Å². The van der Waals surface area contributed by atoms with Gasteiger partial charge in [-0.3, -0.25) is 4.68 Å². The van der Waals surface area contributed by atoms with Crippen LogP contribution in [0.1, 0.15) is 25.7 Å². The highest BCUT2D eigenvalue weighted by Crippen LogP contribution is 2.20. The standard InChI is InChI=1S/C11H19ClN4/c1-15-6-3-2-4-9(15)5-7-16-8-10(12)11(13)14-16/h8-9H,2-7H2,1H3,(H2,13,14). The first-order chi connectivity index (χ1) is 7.66. The van der Waals surface area contributed by atoms with Gasteiger partial charge in [-0.25, -0.2) is 0 Å². The van der Waals surface area contributed by atoms with Crippen LogP contribution in [-0.2, 0) is 6.54 Å². The Kier molecular flexibility index (Phi) is 3.71. The zero-order valence-corrected chi connectivity index (χ0v) is 10.5. The molecule has 0 aromatic carbocycles. The molecule has 1 unspecified atom stereocenters. The van der Waals surface area contributed by atoms with Gasteiger partial charge in [0.15, 0.2) is 5.82 Å². The monoisotopic (exact) mass is 242 g/mol. The van der Waals surface area contributed by atoms with Crippen LogP contribution in [-0.4, -0.2) is 34.3 Å². The Balaban J connectivity index is 1.86. The molecule has 1 fully saturated rings. The lowest BCUT2D eigenvalue weighted by atomic mass is 10.0. The molecule has 0 radical (unpaired) electrons. The molecule has 1 aliphatic rings. The largest absolute Gasteiger partial charge is 0.381 e. The van der Waals surface area contributed by atoms with E-state index in [1.165, 1.54) is 25.8 Å². The van der Waals surface area contributed by atoms with Crippen molar-refractivity contribution in [3.8, 4) is 0 Å². The van der Waals surface area contributed by atoms with E-state index < -0.39 is 0 Å². The van der Waals surface area contributed by atoms with Crippen LogP contribution in [0.15, 0.2) is 6.20 Å². The lowest BCUT2D eigenvalue weighted by Crippen LogP contribution is -2.36. The molecule has 5 heteroatoms. The number of halogens is 1. The first-order valence-electron chi connectivity index (χ1n) is 5.85. The lowest BCUT2D eigenvalue weighted by molar-refractivity contribution is 0.170. The van der Waals surface area contributed by atoms with Crippen LogP contribution in [0, 0.1) is 0 Å². The number of hydrogen-bond donors (Lipinski definition) is 1. The van der Waals surface area contributed by atoms with E-state index in [9.17, 15) is 0 Å². The van der Waals surface area contributed by atoms with Crippen molar-refractivity contribution >= 4 is 17.4 Å². The van der Waals surface area contributed by atoms with Gasteiger partial charge in [-0.05, 0) is 32.9 Å². The fourth-order valence-corrected chi connectivity index (χ4v) is 2.47. The molecule has 0 amide bonds. The van der Waals surface area contributed by atoms with Gasteiger partial charge in [0.05, 0.1) is 0 Å². The van der Waals surface area contributed by atoms with Crippen LogP contribution < -0.4 is 5.73 Å². The van der Waals surface area contributed by atoms with Crippen LogP contribution in [0.5, 0.6) is 0 Å². The normalized spacial score (nSPS) is 22.5. The van der Waals surface area contributed by atoms with Gasteiger partial charge in [0.2, 0.25) is 0 Å². The summed E-state index contributed by atoms with van der Waals surface area (Å²) in [4.78, 5) is 2.44. The minimum Gasteiger partial charge on any atom is -0.381 e. The Morgan fingerprint density at radius 2 is 2.38 bits per heavy atom. The number of anilines is 1. The van der Waals surface area contributed by atoms with E-state index in [0.29, 0.717) is 16.9 Å². The average molecular weight is 243 g/mol. The third kappa shape index (κ3) is 2.68. The highest BCUT2D eigenvalue weighted by Gasteiger charge is 2.18. The summed E-state index contributed by atoms with van der Waals surface area (Å²) in [5, 5.41) is 4.72. The first kappa shape index (κ1) is 11.7. The van der Waals surface area contributed by atoms with Crippen molar-refractivity contribution in [3.63, 3.8) is 0 Å². The summed E-state index contributed by atoms with van der Waals surface area (Å²) >= 11 is 5.86. The molecule has 1 atom stereocenters. The van der Waals surface area contributed by atoms with E-state index in [2.05, 4.69) is 17.0 Å². The molecule has 2 heterocycles. The molecule has 4 nitrogen and oxygen atoms in total. The Bertz CT molecular complexity index is 330. The molecule has 1 aromatic rings. The molecule has 1 aliphatic heterocycles. The number of likely N-dealkylation sites (tertiary alicyclic amines) is 1. The first-order valence-corrected chi connectivity index (χ1v) is 6.23. The van der Waals surface area contributed by atoms with E-state index in [1.807, 2.05) is 4.68 Å². The third-order valence-corrected chi connectivity index (χ3v) is 3.65.